The fourth-order valence-electron chi connectivity index (χ4n) is 5.06. The summed E-state index contributed by atoms with van der Waals surface area (Å²) in [4.78, 5) is 68.4. The summed E-state index contributed by atoms with van der Waals surface area (Å²) >= 11 is 4.50. The topological polar surface area (TPSA) is 178 Å². The monoisotopic (exact) mass is 628 g/mol. The maximum absolute atomic E-state index is 13.6. The second-order valence-electron chi connectivity index (χ2n) is 10.5. The SMILES string of the molecule is CC(=NC(=O)OCc1ccc([N+](=O)[O-])cc1)N1CCN(C(=O)[C@@H]2C[C@H](S)CN2C(=O)OCc2ccc([N+](=O)[O-])cc2)C(C)C1. The number of amides is 3. The van der Waals surface area contributed by atoms with Gasteiger partial charge in [-0.15, -0.1) is 0 Å². The molecule has 2 aromatic carbocycles. The van der Waals surface area contributed by atoms with Crippen molar-refractivity contribution in [1.82, 2.24) is 14.7 Å². The number of carbonyl (C=O) groups is 3. The Morgan fingerprint density at radius 2 is 1.43 bits per heavy atom. The number of hydrogen-bond acceptors (Lipinski definition) is 10. The molecule has 3 atom stereocenters. The Labute approximate surface area is 258 Å². The van der Waals surface area contributed by atoms with E-state index in [-0.39, 0.29) is 48.3 Å². The van der Waals surface area contributed by atoms with E-state index in [2.05, 4.69) is 17.6 Å². The molecular formula is C28H32N6O9S. The molecule has 16 heteroatoms. The van der Waals surface area contributed by atoms with Crippen molar-refractivity contribution in [2.45, 2.75) is 50.8 Å². The highest BCUT2D eigenvalue weighted by atomic mass is 32.1. The predicted molar refractivity (Wildman–Crippen MR) is 160 cm³/mol. The molecule has 0 saturated carbocycles. The third-order valence-corrected chi connectivity index (χ3v) is 7.81. The van der Waals surface area contributed by atoms with Gasteiger partial charge in [0.2, 0.25) is 5.91 Å². The van der Waals surface area contributed by atoms with E-state index in [0.717, 1.165) is 0 Å². The van der Waals surface area contributed by atoms with Crippen molar-refractivity contribution < 1.29 is 33.7 Å². The molecule has 0 spiro atoms. The number of nitro benzene ring substituents is 2. The number of rotatable bonds is 7. The van der Waals surface area contributed by atoms with E-state index >= 15 is 0 Å². The number of ether oxygens (including phenoxy) is 2. The van der Waals surface area contributed by atoms with Crippen LogP contribution in [0.3, 0.4) is 0 Å². The second kappa shape index (κ2) is 14.2. The van der Waals surface area contributed by atoms with Crippen LogP contribution in [0, 0.1) is 20.2 Å². The molecule has 0 radical (unpaired) electrons. The zero-order valence-corrected chi connectivity index (χ0v) is 25.0. The Hall–Kier alpha value is -4.73. The van der Waals surface area contributed by atoms with Gasteiger partial charge in [-0.3, -0.25) is 29.9 Å². The number of non-ortho nitro benzene ring substituents is 2. The fourth-order valence-corrected chi connectivity index (χ4v) is 5.43. The molecule has 2 aliphatic heterocycles. The first-order chi connectivity index (χ1) is 20.9. The molecule has 0 N–H and O–H groups in total. The van der Waals surface area contributed by atoms with Crippen molar-refractivity contribution in [3.05, 3.63) is 79.9 Å². The average molecular weight is 629 g/mol. The summed E-state index contributed by atoms with van der Waals surface area (Å²) in [6.07, 6.45) is -1.11. The molecule has 0 aromatic heterocycles. The highest BCUT2D eigenvalue weighted by Crippen LogP contribution is 2.26. The number of benzene rings is 2. The van der Waals surface area contributed by atoms with Crippen LogP contribution in [0.25, 0.3) is 0 Å². The Balaban J connectivity index is 1.29. The number of thiol groups is 1. The number of aliphatic imine (C=N–C) groups is 1. The number of nitro groups is 2. The van der Waals surface area contributed by atoms with Crippen molar-refractivity contribution in [3.8, 4) is 0 Å². The minimum atomic E-state index is -0.805. The maximum Gasteiger partial charge on any atom is 0.435 e. The zero-order valence-electron chi connectivity index (χ0n) is 24.1. The highest BCUT2D eigenvalue weighted by molar-refractivity contribution is 7.81. The first kappa shape index (κ1) is 32.2. The molecule has 2 aliphatic rings. The minimum Gasteiger partial charge on any atom is -0.445 e. The van der Waals surface area contributed by atoms with E-state index < -0.39 is 28.1 Å². The molecule has 3 amide bonds. The van der Waals surface area contributed by atoms with Crippen molar-refractivity contribution in [3.63, 3.8) is 0 Å². The van der Waals surface area contributed by atoms with Gasteiger partial charge in [-0.25, -0.2) is 9.59 Å². The lowest BCUT2D eigenvalue weighted by molar-refractivity contribution is -0.385. The van der Waals surface area contributed by atoms with Gasteiger partial charge in [0.25, 0.3) is 11.4 Å². The van der Waals surface area contributed by atoms with Crippen LogP contribution in [0.15, 0.2) is 53.5 Å². The van der Waals surface area contributed by atoms with Crippen LogP contribution in [0.2, 0.25) is 0 Å². The van der Waals surface area contributed by atoms with Crippen molar-refractivity contribution in [2.75, 3.05) is 26.2 Å². The molecular weight excluding hydrogens is 596 g/mol. The Kier molecular flexibility index (Phi) is 10.4. The number of hydrogen-bond donors (Lipinski definition) is 1. The standard InChI is InChI=1S/C28H32N6O9S/c1-18-14-30(19(2)29-27(36)42-16-20-3-7-22(8-4-20)33(38)39)11-12-31(18)26(35)25-13-24(44)15-32(25)28(37)43-17-21-5-9-23(10-6-21)34(40)41/h3-10,18,24-25,44H,11-17H2,1-2H3/t18?,24-,25-/m0/s1. The Morgan fingerprint density at radius 1 is 0.886 bits per heavy atom. The van der Waals surface area contributed by atoms with E-state index in [1.54, 1.807) is 11.8 Å². The zero-order chi connectivity index (χ0) is 32.0. The highest BCUT2D eigenvalue weighted by Gasteiger charge is 2.43. The predicted octanol–water partition coefficient (Wildman–Crippen LogP) is 3.80. The maximum atomic E-state index is 13.6. The molecule has 4 rings (SSSR count). The Morgan fingerprint density at radius 3 is 1.95 bits per heavy atom. The molecule has 1 unspecified atom stereocenters. The second-order valence-corrected chi connectivity index (χ2v) is 11.2. The summed E-state index contributed by atoms with van der Waals surface area (Å²) in [7, 11) is 0. The van der Waals surface area contributed by atoms with E-state index in [0.29, 0.717) is 43.0 Å². The van der Waals surface area contributed by atoms with Gasteiger partial charge in [0, 0.05) is 61.7 Å². The summed E-state index contributed by atoms with van der Waals surface area (Å²) in [6, 6.07) is 10.3. The molecule has 234 valence electrons. The van der Waals surface area contributed by atoms with Gasteiger partial charge in [0.05, 0.1) is 9.85 Å². The van der Waals surface area contributed by atoms with Crippen LogP contribution < -0.4 is 0 Å². The lowest BCUT2D eigenvalue weighted by Crippen LogP contribution is -2.59. The molecule has 2 aromatic rings. The first-order valence-corrected chi connectivity index (χ1v) is 14.3. The van der Waals surface area contributed by atoms with Crippen LogP contribution in [0.5, 0.6) is 0 Å². The van der Waals surface area contributed by atoms with E-state index in [1.165, 1.54) is 53.4 Å². The fraction of sp³-hybridized carbons (Fsp3) is 0.429. The summed E-state index contributed by atoms with van der Waals surface area (Å²) in [5.74, 6) is 0.198. The smallest absolute Gasteiger partial charge is 0.435 e. The number of amidine groups is 1. The quantitative estimate of drug-likeness (QED) is 0.156. The molecule has 15 nitrogen and oxygen atoms in total. The summed E-state index contributed by atoms with van der Waals surface area (Å²) in [5, 5.41) is 21.4. The van der Waals surface area contributed by atoms with Crippen LogP contribution in [-0.2, 0) is 27.5 Å². The van der Waals surface area contributed by atoms with E-state index in [9.17, 15) is 34.6 Å². The average Bonchev–Trinajstić information content (AvgIpc) is 3.40. The summed E-state index contributed by atoms with van der Waals surface area (Å²) in [5.41, 5.74) is 1.02. The van der Waals surface area contributed by atoms with E-state index in [4.69, 9.17) is 9.47 Å². The number of piperazine rings is 1. The normalized spacial score (nSPS) is 20.3. The minimum absolute atomic E-state index is 0.0635. The largest absolute Gasteiger partial charge is 0.445 e. The number of likely N-dealkylation sites (tertiary alicyclic amines) is 1. The molecule has 0 aliphatic carbocycles. The first-order valence-electron chi connectivity index (χ1n) is 13.8. The number of carbonyl (C=O) groups excluding carboxylic acids is 3. The molecule has 44 heavy (non-hydrogen) atoms. The lowest BCUT2D eigenvalue weighted by atomic mass is 10.1. The lowest BCUT2D eigenvalue weighted by Gasteiger charge is -2.42. The van der Waals surface area contributed by atoms with Crippen LogP contribution in [0.1, 0.15) is 31.4 Å². The van der Waals surface area contributed by atoms with Gasteiger partial charge in [-0.1, -0.05) is 0 Å². The molecule has 2 saturated heterocycles. The third kappa shape index (κ3) is 8.00. The van der Waals surface area contributed by atoms with Gasteiger partial charge in [-0.2, -0.15) is 17.6 Å². The van der Waals surface area contributed by atoms with Crippen LogP contribution in [-0.4, -0.2) is 92.0 Å². The molecule has 0 bridgehead atoms. The van der Waals surface area contributed by atoms with E-state index in [1.807, 2.05) is 11.8 Å². The van der Waals surface area contributed by atoms with Crippen molar-refractivity contribution in [2.24, 2.45) is 4.99 Å². The molecule has 2 heterocycles. The summed E-state index contributed by atoms with van der Waals surface area (Å²) < 4.78 is 10.6. The van der Waals surface area contributed by atoms with Gasteiger partial charge < -0.3 is 19.3 Å². The van der Waals surface area contributed by atoms with Gasteiger partial charge in [0.1, 0.15) is 25.1 Å². The van der Waals surface area contributed by atoms with Gasteiger partial charge >= 0.3 is 12.2 Å². The summed E-state index contributed by atoms with van der Waals surface area (Å²) in [6.45, 7) is 4.73. The van der Waals surface area contributed by atoms with Crippen LogP contribution >= 0.6 is 12.6 Å². The van der Waals surface area contributed by atoms with Crippen molar-refractivity contribution >= 4 is 47.9 Å². The third-order valence-electron chi connectivity index (χ3n) is 7.44. The van der Waals surface area contributed by atoms with Gasteiger partial charge in [0.15, 0.2) is 0 Å². The number of nitrogens with zero attached hydrogens (tertiary/aromatic N) is 6. The molecule has 2 fully saturated rings. The Bertz CT molecular complexity index is 1440. The van der Waals surface area contributed by atoms with Crippen molar-refractivity contribution in [1.29, 1.82) is 0 Å². The van der Waals surface area contributed by atoms with Gasteiger partial charge in [-0.05, 0) is 55.7 Å². The van der Waals surface area contributed by atoms with Crippen LogP contribution in [0.4, 0.5) is 21.0 Å².